The van der Waals surface area contributed by atoms with Crippen molar-refractivity contribution >= 4 is 23.2 Å². The van der Waals surface area contributed by atoms with Crippen molar-refractivity contribution in [2.75, 3.05) is 0 Å². The van der Waals surface area contributed by atoms with Crippen molar-refractivity contribution in [3.8, 4) is 11.1 Å². The SMILES string of the molecule is O=C(NC1CC1)c1nn2cccnc2c1-c1cc(Cl)ccc1F. The third kappa shape index (κ3) is 2.55. The van der Waals surface area contributed by atoms with Crippen LogP contribution in [0, 0.1) is 5.82 Å². The molecule has 1 amide bonds. The molecule has 1 saturated carbocycles. The van der Waals surface area contributed by atoms with Gasteiger partial charge in [0.2, 0.25) is 0 Å². The van der Waals surface area contributed by atoms with Gasteiger partial charge >= 0.3 is 0 Å². The van der Waals surface area contributed by atoms with Crippen LogP contribution in [0.4, 0.5) is 4.39 Å². The van der Waals surface area contributed by atoms with Crippen LogP contribution in [0.3, 0.4) is 0 Å². The summed E-state index contributed by atoms with van der Waals surface area (Å²) in [5.74, 6) is -0.803. The van der Waals surface area contributed by atoms with E-state index in [0.29, 0.717) is 16.2 Å². The van der Waals surface area contributed by atoms with Gasteiger partial charge < -0.3 is 5.32 Å². The number of amides is 1. The largest absolute Gasteiger partial charge is 0.348 e. The summed E-state index contributed by atoms with van der Waals surface area (Å²) < 4.78 is 15.8. The first-order chi connectivity index (χ1) is 11.1. The predicted molar refractivity (Wildman–Crippen MR) is 83.9 cm³/mol. The van der Waals surface area contributed by atoms with Crippen molar-refractivity contribution in [2.24, 2.45) is 0 Å². The van der Waals surface area contributed by atoms with E-state index in [9.17, 15) is 9.18 Å². The third-order valence-electron chi connectivity index (χ3n) is 3.72. The molecule has 2 heterocycles. The van der Waals surface area contributed by atoms with Gasteiger partial charge in [-0.3, -0.25) is 4.79 Å². The molecule has 116 valence electrons. The van der Waals surface area contributed by atoms with Crippen LogP contribution >= 0.6 is 11.6 Å². The van der Waals surface area contributed by atoms with Crippen LogP contribution in [0.2, 0.25) is 5.02 Å². The lowest BCUT2D eigenvalue weighted by atomic mass is 10.0. The van der Waals surface area contributed by atoms with E-state index in [1.54, 1.807) is 18.5 Å². The van der Waals surface area contributed by atoms with Crippen LogP contribution in [-0.2, 0) is 0 Å². The van der Waals surface area contributed by atoms with Crippen molar-refractivity contribution in [1.29, 1.82) is 0 Å². The standard InChI is InChI=1S/C16H12ClFN4O/c17-9-2-5-12(18)11(8-9)13-14(16(23)20-10-3-4-10)21-22-7-1-6-19-15(13)22/h1-2,5-8,10H,3-4H2,(H,20,23). The van der Waals surface area contributed by atoms with E-state index in [-0.39, 0.29) is 23.2 Å². The zero-order valence-electron chi connectivity index (χ0n) is 12.0. The number of aromatic nitrogens is 3. The van der Waals surface area contributed by atoms with Crippen LogP contribution in [0.15, 0.2) is 36.7 Å². The van der Waals surface area contributed by atoms with Crippen molar-refractivity contribution in [1.82, 2.24) is 19.9 Å². The lowest BCUT2D eigenvalue weighted by Crippen LogP contribution is -2.26. The van der Waals surface area contributed by atoms with Crippen LogP contribution in [0.25, 0.3) is 16.8 Å². The number of carbonyl (C=O) groups excluding carboxylic acids is 1. The minimum absolute atomic E-state index is 0.150. The maximum Gasteiger partial charge on any atom is 0.272 e. The lowest BCUT2D eigenvalue weighted by Gasteiger charge is -2.06. The molecule has 0 saturated heterocycles. The van der Waals surface area contributed by atoms with Gasteiger partial charge in [-0.2, -0.15) is 5.10 Å². The Morgan fingerprint density at radius 2 is 2.22 bits per heavy atom. The van der Waals surface area contributed by atoms with Crippen LogP contribution in [0.5, 0.6) is 0 Å². The molecule has 0 spiro atoms. The second-order valence-corrected chi connectivity index (χ2v) is 5.92. The van der Waals surface area contributed by atoms with Crippen molar-refractivity contribution in [3.05, 3.63) is 53.2 Å². The fourth-order valence-corrected chi connectivity index (χ4v) is 2.64. The van der Waals surface area contributed by atoms with Gasteiger partial charge in [0, 0.05) is 29.0 Å². The monoisotopic (exact) mass is 330 g/mol. The number of nitrogens with zero attached hydrogens (tertiary/aromatic N) is 3. The Bertz CT molecular complexity index is 920. The van der Waals surface area contributed by atoms with E-state index in [1.807, 2.05) is 0 Å². The van der Waals surface area contributed by atoms with Gasteiger partial charge in [-0.05, 0) is 37.1 Å². The minimum atomic E-state index is -0.476. The van der Waals surface area contributed by atoms with Gasteiger partial charge in [0.25, 0.3) is 5.91 Å². The minimum Gasteiger partial charge on any atom is -0.348 e. The summed E-state index contributed by atoms with van der Waals surface area (Å²) in [5, 5.41) is 7.53. The normalized spacial score (nSPS) is 14.2. The first-order valence-corrected chi connectivity index (χ1v) is 7.61. The number of carbonyl (C=O) groups is 1. The highest BCUT2D eigenvalue weighted by Gasteiger charge is 2.29. The Kier molecular flexibility index (Phi) is 3.27. The predicted octanol–water partition coefficient (Wildman–Crippen LogP) is 3.08. The third-order valence-corrected chi connectivity index (χ3v) is 3.96. The number of nitrogens with one attached hydrogen (secondary N) is 1. The summed E-state index contributed by atoms with van der Waals surface area (Å²) in [4.78, 5) is 16.7. The quantitative estimate of drug-likeness (QED) is 0.803. The molecule has 1 fully saturated rings. The molecule has 4 rings (SSSR count). The zero-order valence-corrected chi connectivity index (χ0v) is 12.7. The molecule has 0 aliphatic heterocycles. The molecule has 5 nitrogen and oxygen atoms in total. The molecule has 1 aromatic carbocycles. The molecule has 0 bridgehead atoms. The molecular weight excluding hydrogens is 319 g/mol. The van der Waals surface area contributed by atoms with E-state index < -0.39 is 5.82 Å². The van der Waals surface area contributed by atoms with Gasteiger partial charge in [-0.1, -0.05) is 11.6 Å². The fraction of sp³-hybridized carbons (Fsp3) is 0.188. The van der Waals surface area contributed by atoms with Gasteiger partial charge in [0.1, 0.15) is 5.82 Å². The molecule has 1 N–H and O–H groups in total. The number of hydrogen-bond acceptors (Lipinski definition) is 3. The second-order valence-electron chi connectivity index (χ2n) is 5.48. The maximum absolute atomic E-state index is 14.3. The number of rotatable bonds is 3. The highest BCUT2D eigenvalue weighted by molar-refractivity contribution is 6.31. The van der Waals surface area contributed by atoms with Crippen molar-refractivity contribution in [2.45, 2.75) is 18.9 Å². The Labute approximate surface area is 136 Å². The summed E-state index contributed by atoms with van der Waals surface area (Å²) in [7, 11) is 0. The van der Waals surface area contributed by atoms with Crippen molar-refractivity contribution < 1.29 is 9.18 Å². The molecule has 0 radical (unpaired) electrons. The summed E-state index contributed by atoms with van der Waals surface area (Å²) in [5.41, 5.74) is 1.13. The summed E-state index contributed by atoms with van der Waals surface area (Å²) in [6, 6.07) is 6.09. The molecule has 7 heteroatoms. The molecule has 2 aromatic heterocycles. The number of benzene rings is 1. The van der Waals surface area contributed by atoms with Gasteiger partial charge in [-0.25, -0.2) is 13.9 Å². The average Bonchev–Trinajstić information content (AvgIpc) is 3.27. The number of hydrogen-bond donors (Lipinski definition) is 1. The highest BCUT2D eigenvalue weighted by atomic mass is 35.5. The fourth-order valence-electron chi connectivity index (χ4n) is 2.46. The molecule has 0 unspecified atom stereocenters. The molecule has 1 aliphatic rings. The average molecular weight is 331 g/mol. The maximum atomic E-state index is 14.3. The van der Waals surface area contributed by atoms with Crippen molar-refractivity contribution in [3.63, 3.8) is 0 Å². The molecule has 0 atom stereocenters. The molecule has 3 aromatic rings. The van der Waals surface area contributed by atoms with Crippen LogP contribution in [-0.4, -0.2) is 26.5 Å². The Morgan fingerprint density at radius 1 is 1.39 bits per heavy atom. The summed E-state index contributed by atoms with van der Waals surface area (Å²) >= 11 is 6.00. The van der Waals surface area contributed by atoms with E-state index in [0.717, 1.165) is 12.8 Å². The Hall–Kier alpha value is -2.47. The first-order valence-electron chi connectivity index (χ1n) is 7.23. The van der Waals surface area contributed by atoms with Crippen LogP contribution in [0.1, 0.15) is 23.3 Å². The highest BCUT2D eigenvalue weighted by Crippen LogP contribution is 2.32. The summed E-state index contributed by atoms with van der Waals surface area (Å²) in [6.45, 7) is 0. The molecule has 23 heavy (non-hydrogen) atoms. The van der Waals surface area contributed by atoms with Gasteiger partial charge in [0.05, 0.1) is 5.56 Å². The smallest absolute Gasteiger partial charge is 0.272 e. The summed E-state index contributed by atoms with van der Waals surface area (Å²) in [6.07, 6.45) is 5.16. The Morgan fingerprint density at radius 3 is 3.00 bits per heavy atom. The van der Waals surface area contributed by atoms with E-state index in [2.05, 4.69) is 15.4 Å². The van der Waals surface area contributed by atoms with Crippen LogP contribution < -0.4 is 5.32 Å². The lowest BCUT2D eigenvalue weighted by molar-refractivity contribution is 0.0946. The van der Waals surface area contributed by atoms with E-state index in [1.165, 1.54) is 22.7 Å². The zero-order chi connectivity index (χ0) is 16.0. The number of fused-ring (bicyclic) bond motifs is 1. The number of halogens is 2. The topological polar surface area (TPSA) is 59.3 Å². The van der Waals surface area contributed by atoms with Gasteiger partial charge in [-0.15, -0.1) is 0 Å². The van der Waals surface area contributed by atoms with E-state index >= 15 is 0 Å². The Balaban J connectivity index is 1.95. The van der Waals surface area contributed by atoms with E-state index in [4.69, 9.17) is 11.6 Å². The first kappa shape index (κ1) is 14.1. The second kappa shape index (κ2) is 5.31. The molecule has 1 aliphatic carbocycles. The molecular formula is C16H12ClFN4O. The van der Waals surface area contributed by atoms with Gasteiger partial charge in [0.15, 0.2) is 11.3 Å².